The van der Waals surface area contributed by atoms with Crippen LogP contribution in [0.15, 0.2) is 120 Å². The number of H-pyrrole nitrogens is 1. The molecule has 2 aliphatic rings. The van der Waals surface area contributed by atoms with E-state index in [1.807, 2.05) is 48.5 Å². The van der Waals surface area contributed by atoms with Crippen LogP contribution in [0.1, 0.15) is 44.5 Å². The van der Waals surface area contributed by atoms with Crippen LogP contribution in [-0.2, 0) is 0 Å². The number of anilines is 3. The van der Waals surface area contributed by atoms with Crippen molar-refractivity contribution in [1.82, 2.24) is 9.97 Å². The highest BCUT2D eigenvalue weighted by Crippen LogP contribution is 2.51. The van der Waals surface area contributed by atoms with Crippen molar-refractivity contribution in [3.05, 3.63) is 143 Å². The predicted molar refractivity (Wildman–Crippen MR) is 191 cm³/mol. The molecule has 1 atom stereocenters. The normalized spacial score (nSPS) is 18.0. The maximum atomic E-state index is 8.11. The van der Waals surface area contributed by atoms with E-state index in [-0.39, 0.29) is 5.41 Å². The number of ether oxygens (including phenoxy) is 2. The summed E-state index contributed by atoms with van der Waals surface area (Å²) in [4.78, 5) is 14.4. The van der Waals surface area contributed by atoms with Gasteiger partial charge in [0, 0.05) is 17.1 Å². The minimum Gasteiger partial charge on any atom is -0.497 e. The molecule has 0 amide bonds. The van der Waals surface area contributed by atoms with Crippen LogP contribution in [0.3, 0.4) is 0 Å². The van der Waals surface area contributed by atoms with Gasteiger partial charge in [-0.1, -0.05) is 50.3 Å². The number of nitrogens with one attached hydrogen (secondary N) is 1. The lowest BCUT2D eigenvalue weighted by Crippen LogP contribution is -2.31. The Balaban J connectivity index is 1.24. The van der Waals surface area contributed by atoms with Crippen LogP contribution < -0.4 is 14.4 Å². The molecular formula is C41H38N4O2. The molecule has 234 valence electrons. The van der Waals surface area contributed by atoms with E-state index in [1.54, 1.807) is 14.2 Å². The Morgan fingerprint density at radius 1 is 0.830 bits per heavy atom. The summed E-state index contributed by atoms with van der Waals surface area (Å²) in [5.41, 5.74) is 10.5. The third-order valence-electron chi connectivity index (χ3n) is 9.56. The molecule has 0 radical (unpaired) electrons. The highest BCUT2D eigenvalue weighted by Gasteiger charge is 2.38. The summed E-state index contributed by atoms with van der Waals surface area (Å²) < 4.78 is 10.8. The molecule has 1 aromatic heterocycles. The molecule has 4 aromatic carbocycles. The summed E-state index contributed by atoms with van der Waals surface area (Å²) in [6.45, 7) is 12.8. The molecule has 0 aliphatic heterocycles. The summed E-state index contributed by atoms with van der Waals surface area (Å²) in [5, 5.41) is 0. The van der Waals surface area contributed by atoms with Crippen LogP contribution >= 0.6 is 0 Å². The molecule has 1 N–H and O–H groups in total. The molecular weight excluding hydrogens is 580 g/mol. The van der Waals surface area contributed by atoms with Crippen molar-refractivity contribution in [1.29, 1.82) is 0 Å². The van der Waals surface area contributed by atoms with Gasteiger partial charge in [0.15, 0.2) is 0 Å². The van der Waals surface area contributed by atoms with Crippen LogP contribution in [0.25, 0.3) is 27.1 Å². The highest BCUT2D eigenvalue weighted by atomic mass is 16.5. The summed E-state index contributed by atoms with van der Waals surface area (Å²) >= 11 is 0. The minimum atomic E-state index is 0.0322. The Bertz CT molecular complexity index is 1980. The first-order valence-electron chi connectivity index (χ1n) is 16.0. The quantitative estimate of drug-likeness (QED) is 0.184. The lowest BCUT2D eigenvalue weighted by Gasteiger charge is -2.42. The van der Waals surface area contributed by atoms with Gasteiger partial charge in [-0.15, -0.1) is 0 Å². The monoisotopic (exact) mass is 618 g/mol. The third kappa shape index (κ3) is 5.81. The average molecular weight is 619 g/mol. The van der Waals surface area contributed by atoms with Crippen molar-refractivity contribution in [2.24, 2.45) is 11.3 Å². The Morgan fingerprint density at radius 2 is 1.43 bits per heavy atom. The highest BCUT2D eigenvalue weighted by molar-refractivity contribution is 5.83. The molecule has 0 saturated heterocycles. The molecule has 0 spiro atoms. The van der Waals surface area contributed by atoms with Crippen molar-refractivity contribution in [2.45, 2.75) is 33.1 Å². The number of nitrogens with zero attached hydrogens (tertiary/aromatic N) is 3. The second-order valence-corrected chi connectivity index (χ2v) is 12.9. The van der Waals surface area contributed by atoms with Gasteiger partial charge in [-0.25, -0.2) is 9.83 Å². The van der Waals surface area contributed by atoms with Crippen LogP contribution in [0.2, 0.25) is 0 Å². The van der Waals surface area contributed by atoms with Gasteiger partial charge in [-0.2, -0.15) is 0 Å². The van der Waals surface area contributed by atoms with Crippen LogP contribution in [0.5, 0.6) is 11.5 Å². The Morgan fingerprint density at radius 3 is 2.00 bits per heavy atom. The first-order chi connectivity index (χ1) is 22.9. The Labute approximate surface area is 276 Å². The van der Waals surface area contributed by atoms with Crippen molar-refractivity contribution in [2.75, 3.05) is 19.1 Å². The number of imidazole rings is 1. The zero-order valence-electron chi connectivity index (χ0n) is 27.2. The number of hydrogen-bond acceptors (Lipinski definition) is 4. The fourth-order valence-corrected chi connectivity index (χ4v) is 7.15. The SMILES string of the molecule is [C-]#[N+]/C(=C1\C=C2C=C(c3ccc(N(c4ccc(OC)cc4)c4ccc(OC)cc4)cc3)CCC2C(C)(C)C1)c1nc2ccccc2[nH]1. The third-order valence-corrected chi connectivity index (χ3v) is 9.56. The smallest absolute Gasteiger partial charge is 0.231 e. The number of allylic oxidation sites excluding steroid dienone is 5. The maximum absolute atomic E-state index is 8.11. The number of benzene rings is 4. The maximum Gasteiger partial charge on any atom is 0.231 e. The molecule has 0 bridgehead atoms. The molecule has 6 nitrogen and oxygen atoms in total. The van der Waals surface area contributed by atoms with Crippen molar-refractivity contribution in [3.8, 4) is 11.5 Å². The molecule has 6 heteroatoms. The lowest BCUT2D eigenvalue weighted by molar-refractivity contribution is 0.228. The molecule has 1 unspecified atom stereocenters. The molecule has 0 fully saturated rings. The molecule has 5 aromatic rings. The van der Waals surface area contributed by atoms with Gasteiger partial charge in [0.2, 0.25) is 5.70 Å². The zero-order chi connectivity index (χ0) is 32.5. The van der Waals surface area contributed by atoms with E-state index < -0.39 is 0 Å². The van der Waals surface area contributed by atoms with E-state index in [0.717, 1.165) is 64.4 Å². The average Bonchev–Trinajstić information content (AvgIpc) is 3.53. The largest absolute Gasteiger partial charge is 0.497 e. The number of methoxy groups -OCH3 is 2. The standard InChI is InChI=1S/C41H38N4O2/c1-41(2)26-30(39(42-3)40-43-37-8-6-7-9-38(37)44-40)25-29-24-28(12-23-36(29)41)27-10-13-31(14-11-27)45(32-15-19-34(46-4)20-16-32)33-17-21-35(47-5)22-18-33/h6-11,13-22,24-25,36H,12,23,26H2,1-2,4-5H3,(H,43,44)/b39-30+. The van der Waals surface area contributed by atoms with Gasteiger partial charge in [0.1, 0.15) is 17.3 Å². The molecule has 1 heterocycles. The summed E-state index contributed by atoms with van der Waals surface area (Å²) in [5.74, 6) is 2.73. The minimum absolute atomic E-state index is 0.0322. The van der Waals surface area contributed by atoms with E-state index in [2.05, 4.69) is 89.3 Å². The van der Waals surface area contributed by atoms with Crippen molar-refractivity contribution < 1.29 is 9.47 Å². The van der Waals surface area contributed by atoms with E-state index in [4.69, 9.17) is 21.0 Å². The van der Waals surface area contributed by atoms with Gasteiger partial charge in [-0.3, -0.25) is 0 Å². The van der Waals surface area contributed by atoms with Gasteiger partial charge in [-0.05, 0) is 126 Å². The van der Waals surface area contributed by atoms with E-state index in [0.29, 0.717) is 17.4 Å². The van der Waals surface area contributed by atoms with Gasteiger partial charge in [0.05, 0.1) is 31.8 Å². The fourth-order valence-electron chi connectivity index (χ4n) is 7.15. The van der Waals surface area contributed by atoms with Gasteiger partial charge in [0.25, 0.3) is 0 Å². The van der Waals surface area contributed by atoms with Crippen molar-refractivity contribution >= 4 is 39.4 Å². The van der Waals surface area contributed by atoms with Gasteiger partial charge < -0.3 is 19.4 Å². The van der Waals surface area contributed by atoms with Crippen LogP contribution in [0.4, 0.5) is 17.1 Å². The number of para-hydroxylation sites is 2. The number of fused-ring (bicyclic) bond motifs is 2. The number of hydrogen-bond donors (Lipinski definition) is 1. The van der Waals surface area contributed by atoms with E-state index in [9.17, 15) is 0 Å². The first kappa shape index (κ1) is 30.1. The second-order valence-electron chi connectivity index (χ2n) is 12.9. The fraction of sp³-hybridized carbons (Fsp3) is 0.220. The molecule has 7 rings (SSSR count). The number of aromatic amines is 1. The number of aromatic nitrogens is 2. The predicted octanol–water partition coefficient (Wildman–Crippen LogP) is 10.5. The Kier molecular flexibility index (Phi) is 7.91. The van der Waals surface area contributed by atoms with E-state index >= 15 is 0 Å². The second kappa shape index (κ2) is 12.3. The lowest BCUT2D eigenvalue weighted by atomic mass is 9.62. The van der Waals surface area contributed by atoms with Crippen molar-refractivity contribution in [3.63, 3.8) is 0 Å². The molecule has 47 heavy (non-hydrogen) atoms. The molecule has 2 aliphatic carbocycles. The van der Waals surface area contributed by atoms with Gasteiger partial charge >= 0.3 is 0 Å². The van der Waals surface area contributed by atoms with Crippen LogP contribution in [0, 0.1) is 17.9 Å². The summed E-state index contributed by atoms with van der Waals surface area (Å²) in [7, 11) is 3.37. The molecule has 0 saturated carbocycles. The van der Waals surface area contributed by atoms with Crippen LogP contribution in [-0.4, -0.2) is 24.2 Å². The summed E-state index contributed by atoms with van der Waals surface area (Å²) in [6, 6.07) is 33.0. The van der Waals surface area contributed by atoms with E-state index in [1.165, 1.54) is 16.7 Å². The topological polar surface area (TPSA) is 54.7 Å². The Hall–Kier alpha value is -5.54. The number of rotatable bonds is 7. The first-order valence-corrected chi connectivity index (χ1v) is 16.0. The summed E-state index contributed by atoms with van der Waals surface area (Å²) in [6.07, 6.45) is 7.58. The zero-order valence-corrected chi connectivity index (χ0v) is 27.2.